The molecule has 0 radical (unpaired) electrons. The van der Waals surface area contributed by atoms with Gasteiger partial charge in [-0.1, -0.05) is 0 Å². The Kier molecular flexibility index (Phi) is 4.86. The topological polar surface area (TPSA) is 130 Å². The molecule has 0 aliphatic rings. The third-order valence-corrected chi connectivity index (χ3v) is 5.40. The van der Waals surface area contributed by atoms with Crippen molar-refractivity contribution in [3.05, 3.63) is 23.8 Å². The van der Waals surface area contributed by atoms with Gasteiger partial charge in [0.2, 0.25) is 20.0 Å². The van der Waals surface area contributed by atoms with E-state index < -0.39 is 32.6 Å². The smallest absolute Gasteiger partial charge is 0.318 e. The van der Waals surface area contributed by atoms with Gasteiger partial charge in [0.25, 0.3) is 0 Å². The van der Waals surface area contributed by atoms with Crippen molar-refractivity contribution in [1.82, 2.24) is 9.44 Å². The fraction of sp³-hybridized carbons (Fsp3) is 0.300. The summed E-state index contributed by atoms with van der Waals surface area (Å²) in [4.78, 5) is 10.1. The number of hydrogen-bond donors (Lipinski definition) is 3. The van der Waals surface area contributed by atoms with E-state index in [0.717, 1.165) is 18.2 Å². The first-order chi connectivity index (χ1) is 9.10. The highest BCUT2D eigenvalue weighted by Gasteiger charge is 2.20. The maximum atomic E-state index is 11.8. The molecule has 0 unspecified atom stereocenters. The monoisotopic (exact) mass is 322 g/mol. The van der Waals surface area contributed by atoms with Gasteiger partial charge < -0.3 is 5.11 Å². The van der Waals surface area contributed by atoms with E-state index in [0.29, 0.717) is 0 Å². The van der Waals surface area contributed by atoms with Crippen LogP contribution in [0.1, 0.15) is 5.56 Å². The molecule has 0 aliphatic heterocycles. The Morgan fingerprint density at radius 3 is 2.25 bits per heavy atom. The number of benzene rings is 1. The summed E-state index contributed by atoms with van der Waals surface area (Å²) in [7, 11) is -6.43. The Morgan fingerprint density at radius 2 is 1.80 bits per heavy atom. The molecule has 10 heteroatoms. The van der Waals surface area contributed by atoms with Gasteiger partial charge in [-0.25, -0.2) is 21.6 Å². The Balaban J connectivity index is 3.19. The molecule has 0 saturated heterocycles. The molecule has 1 rings (SSSR count). The van der Waals surface area contributed by atoms with E-state index in [1.807, 2.05) is 4.72 Å². The summed E-state index contributed by atoms with van der Waals surface area (Å²) in [6.07, 6.45) is 0. The SMILES string of the molecule is CNS(=O)(=O)c1ccc(S(=O)(=O)NCC(=O)O)cc1C. The van der Waals surface area contributed by atoms with Crippen LogP contribution in [0.4, 0.5) is 0 Å². The number of hydrogen-bond acceptors (Lipinski definition) is 5. The fourth-order valence-electron chi connectivity index (χ4n) is 1.44. The summed E-state index contributed by atoms with van der Waals surface area (Å²) in [5, 5.41) is 8.45. The van der Waals surface area contributed by atoms with Crippen LogP contribution in [0.2, 0.25) is 0 Å². The van der Waals surface area contributed by atoms with Crippen LogP contribution >= 0.6 is 0 Å². The number of carboxylic acids is 1. The molecule has 20 heavy (non-hydrogen) atoms. The molecule has 0 aromatic heterocycles. The minimum Gasteiger partial charge on any atom is -0.480 e. The van der Waals surface area contributed by atoms with Crippen molar-refractivity contribution in [2.75, 3.05) is 13.6 Å². The Labute approximate surface area is 116 Å². The van der Waals surface area contributed by atoms with E-state index in [1.165, 1.54) is 14.0 Å². The highest BCUT2D eigenvalue weighted by Crippen LogP contribution is 2.19. The van der Waals surface area contributed by atoms with E-state index in [4.69, 9.17) is 5.11 Å². The largest absolute Gasteiger partial charge is 0.480 e. The summed E-state index contributed by atoms with van der Waals surface area (Å²) in [6.45, 7) is 0.693. The average molecular weight is 322 g/mol. The number of sulfonamides is 2. The van der Waals surface area contributed by atoms with Gasteiger partial charge in [-0.15, -0.1) is 0 Å². The van der Waals surface area contributed by atoms with E-state index in [1.54, 1.807) is 0 Å². The quantitative estimate of drug-likeness (QED) is 0.633. The minimum atomic E-state index is -3.99. The predicted molar refractivity (Wildman–Crippen MR) is 70.2 cm³/mol. The summed E-state index contributed by atoms with van der Waals surface area (Å²) in [5.74, 6) is -1.32. The van der Waals surface area contributed by atoms with Gasteiger partial charge in [-0.05, 0) is 37.7 Å². The summed E-state index contributed by atoms with van der Waals surface area (Å²) >= 11 is 0. The van der Waals surface area contributed by atoms with E-state index >= 15 is 0 Å². The van der Waals surface area contributed by atoms with Gasteiger partial charge in [0.15, 0.2) is 0 Å². The molecule has 0 aliphatic carbocycles. The second-order valence-electron chi connectivity index (χ2n) is 3.85. The molecule has 1 aromatic carbocycles. The lowest BCUT2D eigenvalue weighted by molar-refractivity contribution is -0.135. The second-order valence-corrected chi connectivity index (χ2v) is 7.48. The van der Waals surface area contributed by atoms with Crippen molar-refractivity contribution in [1.29, 1.82) is 0 Å². The van der Waals surface area contributed by atoms with Crippen LogP contribution in [0.15, 0.2) is 28.0 Å². The zero-order chi connectivity index (χ0) is 15.6. The Morgan fingerprint density at radius 1 is 1.20 bits per heavy atom. The standard InChI is InChI=1S/C10H14N2O6S2/c1-7-5-8(19(15,16)12-6-10(13)14)3-4-9(7)20(17,18)11-2/h3-5,11-12H,6H2,1-2H3,(H,13,14). The maximum Gasteiger partial charge on any atom is 0.318 e. The van der Waals surface area contributed by atoms with Crippen molar-refractivity contribution in [2.24, 2.45) is 0 Å². The highest BCUT2D eigenvalue weighted by atomic mass is 32.2. The zero-order valence-corrected chi connectivity index (χ0v) is 12.4. The van der Waals surface area contributed by atoms with Crippen LogP contribution in [-0.4, -0.2) is 41.5 Å². The second kappa shape index (κ2) is 5.87. The lowest BCUT2D eigenvalue weighted by atomic mass is 10.2. The van der Waals surface area contributed by atoms with Gasteiger partial charge in [0.05, 0.1) is 9.79 Å². The Hall–Kier alpha value is -1.49. The van der Waals surface area contributed by atoms with Gasteiger partial charge in [0, 0.05) is 0 Å². The molecule has 0 atom stereocenters. The normalized spacial score (nSPS) is 12.3. The summed E-state index contributed by atoms with van der Waals surface area (Å²) in [6, 6.07) is 3.41. The molecule has 0 heterocycles. The lowest BCUT2D eigenvalue weighted by Crippen LogP contribution is -2.29. The van der Waals surface area contributed by atoms with E-state index in [2.05, 4.69) is 4.72 Å². The number of rotatable bonds is 6. The van der Waals surface area contributed by atoms with Gasteiger partial charge in [-0.2, -0.15) is 4.72 Å². The number of carboxylic acid groups (broad SMARTS) is 1. The molecular formula is C10H14N2O6S2. The summed E-state index contributed by atoms with van der Waals surface area (Å²) in [5.41, 5.74) is 0.234. The first kappa shape index (κ1) is 16.6. The van der Waals surface area contributed by atoms with Gasteiger partial charge >= 0.3 is 5.97 Å². The first-order valence-electron chi connectivity index (χ1n) is 5.36. The molecule has 3 N–H and O–H groups in total. The van der Waals surface area contributed by atoms with Crippen LogP contribution in [0, 0.1) is 6.92 Å². The number of nitrogens with one attached hydrogen (secondary N) is 2. The van der Waals surface area contributed by atoms with Crippen molar-refractivity contribution >= 4 is 26.0 Å². The van der Waals surface area contributed by atoms with Gasteiger partial charge in [-0.3, -0.25) is 4.79 Å². The predicted octanol–water partition coefficient (Wildman–Crippen LogP) is -0.734. The zero-order valence-electron chi connectivity index (χ0n) is 10.7. The van der Waals surface area contributed by atoms with Crippen LogP contribution in [0.5, 0.6) is 0 Å². The molecule has 1 aromatic rings. The Bertz CT molecular complexity index is 724. The molecular weight excluding hydrogens is 308 g/mol. The highest BCUT2D eigenvalue weighted by molar-refractivity contribution is 7.90. The third-order valence-electron chi connectivity index (χ3n) is 2.43. The molecule has 0 saturated carbocycles. The molecule has 0 fully saturated rings. The molecule has 8 nitrogen and oxygen atoms in total. The maximum absolute atomic E-state index is 11.8. The minimum absolute atomic E-state index is 0.0443. The van der Waals surface area contributed by atoms with Crippen LogP contribution < -0.4 is 9.44 Å². The molecule has 0 bridgehead atoms. The molecule has 112 valence electrons. The lowest BCUT2D eigenvalue weighted by Gasteiger charge is -2.09. The third kappa shape index (κ3) is 3.76. The van der Waals surface area contributed by atoms with Crippen LogP contribution in [0.3, 0.4) is 0 Å². The van der Waals surface area contributed by atoms with Crippen molar-refractivity contribution in [3.8, 4) is 0 Å². The summed E-state index contributed by atoms with van der Waals surface area (Å²) < 4.78 is 50.9. The molecule has 0 amide bonds. The number of aliphatic carboxylic acids is 1. The van der Waals surface area contributed by atoms with E-state index in [-0.39, 0.29) is 15.4 Å². The fourth-order valence-corrected chi connectivity index (χ4v) is 3.45. The number of carbonyl (C=O) groups is 1. The van der Waals surface area contributed by atoms with Gasteiger partial charge in [0.1, 0.15) is 6.54 Å². The average Bonchev–Trinajstić information content (AvgIpc) is 2.36. The van der Waals surface area contributed by atoms with Crippen molar-refractivity contribution in [2.45, 2.75) is 16.7 Å². The molecule has 0 spiro atoms. The van der Waals surface area contributed by atoms with Crippen LogP contribution in [0.25, 0.3) is 0 Å². The first-order valence-corrected chi connectivity index (χ1v) is 8.32. The van der Waals surface area contributed by atoms with Crippen molar-refractivity contribution < 1.29 is 26.7 Å². The van der Waals surface area contributed by atoms with E-state index in [9.17, 15) is 21.6 Å². The van der Waals surface area contributed by atoms with Crippen molar-refractivity contribution in [3.63, 3.8) is 0 Å². The van der Waals surface area contributed by atoms with Crippen LogP contribution in [-0.2, 0) is 24.8 Å². The number of aryl methyl sites for hydroxylation is 1.